The van der Waals surface area contributed by atoms with Crippen LogP contribution in [0.25, 0.3) is 22.6 Å². The number of amides is 1. The Morgan fingerprint density at radius 2 is 2.10 bits per heavy atom. The highest BCUT2D eigenvalue weighted by molar-refractivity contribution is 6.06. The van der Waals surface area contributed by atoms with Crippen LogP contribution in [0.2, 0.25) is 0 Å². The fraction of sp³-hybridized carbons (Fsp3) is 0.346. The molecule has 1 aliphatic rings. The topological polar surface area (TPSA) is 153 Å². The number of hydrogen-bond acceptors (Lipinski definition) is 9. The van der Waals surface area contributed by atoms with Crippen molar-refractivity contribution in [1.29, 1.82) is 0 Å². The molecule has 1 aromatic carbocycles. The van der Waals surface area contributed by atoms with Crippen molar-refractivity contribution in [1.82, 2.24) is 40.3 Å². The first-order valence-electron chi connectivity index (χ1n) is 12.7. The number of halogens is 1. The van der Waals surface area contributed by atoms with E-state index in [1.165, 1.54) is 29.9 Å². The van der Waals surface area contributed by atoms with Crippen LogP contribution in [0, 0.1) is 12.7 Å². The standard InChI is InChI=1S/C26H28FN9O4/c1-15-6-4-11-29-23(15)35(18-7-5-10-28-13-18)25(37)17-8-9-19(21(27)12-17)20-14-30-34(3)22(20)24-31-32-33-36(24)16(2)40-26(38)39/h4,6,8-9,11-12,14,16,18,28H,5,7,10,13H2,1-3H3,(H,38,39)/t16-,18+/m0/s1. The number of nitrogens with zero attached hydrogens (tertiary/aromatic N) is 8. The molecule has 0 unspecified atom stereocenters. The first kappa shape index (κ1) is 26.9. The number of hydrogen-bond donors (Lipinski definition) is 2. The molecule has 4 aromatic rings. The summed E-state index contributed by atoms with van der Waals surface area (Å²) in [6.07, 6.45) is 2.26. The Bertz CT molecular complexity index is 1550. The summed E-state index contributed by atoms with van der Waals surface area (Å²) >= 11 is 0. The van der Waals surface area contributed by atoms with E-state index in [4.69, 9.17) is 9.84 Å². The van der Waals surface area contributed by atoms with Crippen molar-refractivity contribution in [2.24, 2.45) is 7.05 Å². The average molecular weight is 550 g/mol. The molecule has 2 atom stereocenters. The third-order valence-corrected chi connectivity index (χ3v) is 6.83. The minimum atomic E-state index is -1.50. The summed E-state index contributed by atoms with van der Waals surface area (Å²) in [5, 5.41) is 28.0. The van der Waals surface area contributed by atoms with E-state index >= 15 is 4.39 Å². The van der Waals surface area contributed by atoms with Crippen LogP contribution in [0.15, 0.2) is 42.7 Å². The summed E-state index contributed by atoms with van der Waals surface area (Å²) in [5.74, 6) is -0.320. The Labute approximate surface area is 228 Å². The number of aryl methyl sites for hydroxylation is 2. The molecule has 2 N–H and O–H groups in total. The van der Waals surface area contributed by atoms with Crippen molar-refractivity contribution in [2.45, 2.75) is 39.0 Å². The quantitative estimate of drug-likeness (QED) is 0.329. The van der Waals surface area contributed by atoms with E-state index in [0.29, 0.717) is 23.6 Å². The smallest absolute Gasteiger partial charge is 0.450 e. The number of aromatic nitrogens is 7. The molecule has 0 saturated carbocycles. The average Bonchev–Trinajstić information content (AvgIpc) is 3.56. The number of nitrogens with one attached hydrogen (secondary N) is 1. The predicted molar refractivity (Wildman–Crippen MR) is 141 cm³/mol. The molecular weight excluding hydrogens is 521 g/mol. The van der Waals surface area contributed by atoms with E-state index < -0.39 is 18.2 Å². The number of carboxylic acid groups (broad SMARTS) is 1. The Morgan fingerprint density at radius 1 is 1.27 bits per heavy atom. The number of tetrazole rings is 1. The van der Waals surface area contributed by atoms with Gasteiger partial charge in [-0.2, -0.15) is 9.78 Å². The third-order valence-electron chi connectivity index (χ3n) is 6.83. The summed E-state index contributed by atoms with van der Waals surface area (Å²) in [7, 11) is 1.63. The highest BCUT2D eigenvalue weighted by Gasteiger charge is 2.31. The van der Waals surface area contributed by atoms with Gasteiger partial charge >= 0.3 is 6.16 Å². The van der Waals surface area contributed by atoms with Gasteiger partial charge in [0.15, 0.2) is 6.23 Å². The maximum Gasteiger partial charge on any atom is 0.507 e. The summed E-state index contributed by atoms with van der Waals surface area (Å²) < 4.78 is 23.1. The zero-order chi connectivity index (χ0) is 28.4. The molecule has 1 fully saturated rings. The van der Waals surface area contributed by atoms with Crippen molar-refractivity contribution < 1.29 is 23.8 Å². The molecule has 1 amide bonds. The van der Waals surface area contributed by atoms with Crippen molar-refractivity contribution in [3.8, 4) is 22.6 Å². The van der Waals surface area contributed by atoms with Crippen LogP contribution in [0.5, 0.6) is 0 Å². The first-order valence-corrected chi connectivity index (χ1v) is 12.7. The Hall–Kier alpha value is -4.72. The second-order valence-electron chi connectivity index (χ2n) is 9.47. The fourth-order valence-corrected chi connectivity index (χ4v) is 4.91. The normalized spacial score (nSPS) is 15.9. The minimum Gasteiger partial charge on any atom is -0.450 e. The molecule has 0 aliphatic carbocycles. The number of piperidine rings is 1. The lowest BCUT2D eigenvalue weighted by Crippen LogP contribution is -2.49. The minimum absolute atomic E-state index is 0.128. The van der Waals surface area contributed by atoms with Crippen molar-refractivity contribution >= 4 is 17.9 Å². The molecular formula is C26H28FN9O4. The first-order chi connectivity index (χ1) is 19.3. The van der Waals surface area contributed by atoms with E-state index in [9.17, 15) is 9.59 Å². The van der Waals surface area contributed by atoms with Gasteiger partial charge in [-0.25, -0.2) is 14.2 Å². The second kappa shape index (κ2) is 11.2. The van der Waals surface area contributed by atoms with Gasteiger partial charge in [-0.1, -0.05) is 12.1 Å². The predicted octanol–water partition coefficient (Wildman–Crippen LogP) is 3.20. The largest absolute Gasteiger partial charge is 0.507 e. The number of carbonyl (C=O) groups excluding carboxylic acids is 1. The van der Waals surface area contributed by atoms with E-state index in [1.807, 2.05) is 19.1 Å². The van der Waals surface area contributed by atoms with Gasteiger partial charge < -0.3 is 15.2 Å². The monoisotopic (exact) mass is 549 g/mol. The lowest BCUT2D eigenvalue weighted by Gasteiger charge is -2.34. The molecule has 1 aliphatic heterocycles. The van der Waals surface area contributed by atoms with Crippen LogP contribution in [-0.4, -0.2) is 71.3 Å². The molecule has 13 nitrogen and oxygen atoms in total. The number of anilines is 1. The molecule has 14 heteroatoms. The fourth-order valence-electron chi connectivity index (χ4n) is 4.91. The maximum absolute atomic E-state index is 15.7. The van der Waals surface area contributed by atoms with Gasteiger partial charge in [-0.3, -0.25) is 14.4 Å². The summed E-state index contributed by atoms with van der Waals surface area (Å²) in [4.78, 5) is 31.0. The Morgan fingerprint density at radius 3 is 2.80 bits per heavy atom. The summed E-state index contributed by atoms with van der Waals surface area (Å²) in [6.45, 7) is 4.84. The Kier molecular flexibility index (Phi) is 7.51. The van der Waals surface area contributed by atoms with Gasteiger partial charge in [0, 0.05) is 36.5 Å². The highest BCUT2D eigenvalue weighted by atomic mass is 19.1. The lowest BCUT2D eigenvalue weighted by molar-refractivity contribution is 0.0219. The van der Waals surface area contributed by atoms with Crippen LogP contribution in [0.3, 0.4) is 0 Å². The van der Waals surface area contributed by atoms with E-state index in [2.05, 4.69) is 30.9 Å². The molecule has 1 saturated heterocycles. The van der Waals surface area contributed by atoms with Gasteiger partial charge in [0.2, 0.25) is 5.82 Å². The molecule has 40 heavy (non-hydrogen) atoms. The molecule has 0 spiro atoms. The SMILES string of the molecule is Cc1cccnc1N(C(=O)c1ccc(-c2cnn(C)c2-c2nnnn2[C@H](C)OC(=O)O)c(F)c1)[C@@H]1CCCNC1. The maximum atomic E-state index is 15.7. The van der Waals surface area contributed by atoms with Gasteiger partial charge in [0.05, 0.1) is 12.2 Å². The van der Waals surface area contributed by atoms with Crippen LogP contribution in [0.1, 0.15) is 41.9 Å². The van der Waals surface area contributed by atoms with Crippen LogP contribution in [-0.2, 0) is 11.8 Å². The lowest BCUT2D eigenvalue weighted by atomic mass is 10.0. The van der Waals surface area contributed by atoms with Crippen LogP contribution < -0.4 is 10.2 Å². The number of pyridine rings is 1. The van der Waals surface area contributed by atoms with E-state index in [-0.39, 0.29) is 28.9 Å². The van der Waals surface area contributed by atoms with Gasteiger partial charge in [0.1, 0.15) is 17.3 Å². The molecule has 208 valence electrons. The zero-order valence-electron chi connectivity index (χ0n) is 22.2. The van der Waals surface area contributed by atoms with Gasteiger partial charge in [0.25, 0.3) is 5.91 Å². The molecule has 0 radical (unpaired) electrons. The molecule has 0 bridgehead atoms. The molecule has 3 aromatic heterocycles. The zero-order valence-corrected chi connectivity index (χ0v) is 22.2. The van der Waals surface area contributed by atoms with Crippen molar-refractivity contribution in [3.05, 3.63) is 59.7 Å². The Balaban J connectivity index is 1.51. The number of rotatable bonds is 7. The number of benzene rings is 1. The van der Waals surface area contributed by atoms with Crippen molar-refractivity contribution in [2.75, 3.05) is 18.0 Å². The second-order valence-corrected chi connectivity index (χ2v) is 9.47. The molecule has 5 rings (SSSR count). The van der Waals surface area contributed by atoms with Gasteiger partial charge in [-0.15, -0.1) is 5.10 Å². The van der Waals surface area contributed by atoms with Gasteiger partial charge in [-0.05, 0) is 67.4 Å². The molecule has 4 heterocycles. The van der Waals surface area contributed by atoms with Crippen molar-refractivity contribution in [3.63, 3.8) is 0 Å². The third kappa shape index (κ3) is 5.12. The number of carbonyl (C=O) groups is 2. The highest BCUT2D eigenvalue weighted by Crippen LogP contribution is 2.34. The van der Waals surface area contributed by atoms with E-state index in [1.54, 1.807) is 24.2 Å². The van der Waals surface area contributed by atoms with Crippen LogP contribution >= 0.6 is 0 Å². The van der Waals surface area contributed by atoms with Crippen LogP contribution in [0.4, 0.5) is 15.0 Å². The summed E-state index contributed by atoms with van der Waals surface area (Å²) in [5.41, 5.74) is 1.88. The summed E-state index contributed by atoms with van der Waals surface area (Å²) in [6, 6.07) is 7.86. The van der Waals surface area contributed by atoms with E-state index in [0.717, 1.165) is 29.6 Å². The number of ether oxygens (including phenoxy) is 1.